The van der Waals surface area contributed by atoms with E-state index >= 15 is 0 Å². The molecule has 44 heavy (non-hydrogen) atoms. The van der Waals surface area contributed by atoms with E-state index in [1.807, 2.05) is 23.6 Å². The van der Waals surface area contributed by atoms with Crippen molar-refractivity contribution in [2.24, 2.45) is 0 Å². The number of thioether (sulfide) groups is 1. The van der Waals surface area contributed by atoms with Crippen molar-refractivity contribution >= 4 is 40.3 Å². The first kappa shape index (κ1) is 38.3. The molecule has 0 unspecified atom stereocenters. The number of hydrogen-bond donors (Lipinski definition) is 0. The van der Waals surface area contributed by atoms with Crippen molar-refractivity contribution in [1.29, 1.82) is 0 Å². The number of anilines is 1. The molecule has 0 spiro atoms. The Kier molecular flexibility index (Phi) is 18.2. The van der Waals surface area contributed by atoms with Gasteiger partial charge < -0.3 is 14.5 Å². The van der Waals surface area contributed by atoms with Gasteiger partial charge in [0.25, 0.3) is 0 Å². The van der Waals surface area contributed by atoms with Crippen LogP contribution in [-0.2, 0) is 23.3 Å². The lowest BCUT2D eigenvalue weighted by Gasteiger charge is -2.26. The number of unbranched alkanes of at least 4 members (excludes halogenated alkanes) is 11. The summed E-state index contributed by atoms with van der Waals surface area (Å²) in [4.78, 5) is 17.4. The normalized spacial score (nSPS) is 12.8. The van der Waals surface area contributed by atoms with E-state index in [1.165, 1.54) is 81.8 Å². The van der Waals surface area contributed by atoms with Crippen LogP contribution in [0.25, 0.3) is 0 Å². The van der Waals surface area contributed by atoms with Crippen molar-refractivity contribution in [3.63, 3.8) is 0 Å². The van der Waals surface area contributed by atoms with Crippen LogP contribution >= 0.6 is 28.7 Å². The SMILES string of the molecule is Br.CCCCCCCCCCCCCCOc1cc(CN(C(=O)CC)c2cccc(CN3C=CSC3)c2)ccc1C(C)(C)C. The van der Waals surface area contributed by atoms with E-state index in [9.17, 15) is 4.79 Å². The molecule has 0 fully saturated rings. The van der Waals surface area contributed by atoms with E-state index in [0.29, 0.717) is 13.0 Å². The highest BCUT2D eigenvalue weighted by Gasteiger charge is 2.21. The Labute approximate surface area is 284 Å². The first-order valence-electron chi connectivity index (χ1n) is 17.0. The highest BCUT2D eigenvalue weighted by molar-refractivity contribution is 8.93. The smallest absolute Gasteiger partial charge is 0.227 e. The molecule has 246 valence electrons. The summed E-state index contributed by atoms with van der Waals surface area (Å²) in [5.74, 6) is 2.07. The third kappa shape index (κ3) is 13.6. The van der Waals surface area contributed by atoms with Gasteiger partial charge >= 0.3 is 0 Å². The summed E-state index contributed by atoms with van der Waals surface area (Å²) >= 11 is 1.81. The summed E-state index contributed by atoms with van der Waals surface area (Å²) in [7, 11) is 0. The summed E-state index contributed by atoms with van der Waals surface area (Å²) in [6.07, 6.45) is 18.7. The van der Waals surface area contributed by atoms with Crippen molar-refractivity contribution in [3.05, 3.63) is 70.8 Å². The Bertz CT molecular complexity index is 1130. The van der Waals surface area contributed by atoms with Gasteiger partial charge in [-0.1, -0.05) is 130 Å². The summed E-state index contributed by atoms with van der Waals surface area (Å²) in [6, 6.07) is 15.0. The molecule has 6 heteroatoms. The average Bonchev–Trinajstić information content (AvgIpc) is 3.50. The van der Waals surface area contributed by atoms with Gasteiger partial charge in [0.15, 0.2) is 0 Å². The fraction of sp³-hybridized carbons (Fsp3) is 0.605. The first-order chi connectivity index (χ1) is 20.8. The van der Waals surface area contributed by atoms with Crippen LogP contribution in [0.3, 0.4) is 0 Å². The summed E-state index contributed by atoms with van der Waals surface area (Å²) in [5.41, 5.74) is 4.48. The van der Waals surface area contributed by atoms with Gasteiger partial charge in [-0.05, 0) is 52.1 Å². The quantitative estimate of drug-likeness (QED) is 0.130. The maximum Gasteiger partial charge on any atom is 0.227 e. The molecule has 0 saturated carbocycles. The van der Waals surface area contributed by atoms with Gasteiger partial charge in [0, 0.05) is 24.9 Å². The highest BCUT2D eigenvalue weighted by Crippen LogP contribution is 2.33. The maximum atomic E-state index is 13.2. The van der Waals surface area contributed by atoms with Gasteiger partial charge in [0.1, 0.15) is 5.75 Å². The standard InChI is InChI=1S/C38H58N2O2S.BrH/c1-6-8-9-10-11-12-13-14-15-16-17-18-25-42-36-28-33(22-23-35(36)38(3,4)5)30-40(37(41)7-2)34-21-19-20-32(27-34)29-39-24-26-43-31-39;/h19-24,26-28H,6-18,25,29-31H2,1-5H3;1H. The number of rotatable bonds is 20. The number of benzene rings is 2. The second-order valence-electron chi connectivity index (χ2n) is 13.1. The van der Waals surface area contributed by atoms with E-state index in [1.54, 1.807) is 0 Å². The van der Waals surface area contributed by atoms with E-state index in [-0.39, 0.29) is 28.3 Å². The van der Waals surface area contributed by atoms with Gasteiger partial charge in [-0.3, -0.25) is 4.79 Å². The summed E-state index contributed by atoms with van der Waals surface area (Å²) in [5, 5.41) is 2.13. The minimum atomic E-state index is -0.0139. The zero-order chi connectivity index (χ0) is 30.9. The fourth-order valence-electron chi connectivity index (χ4n) is 5.69. The van der Waals surface area contributed by atoms with Crippen LogP contribution in [0, 0.1) is 0 Å². The monoisotopic (exact) mass is 686 g/mol. The van der Waals surface area contributed by atoms with Crippen molar-refractivity contribution in [1.82, 2.24) is 4.90 Å². The van der Waals surface area contributed by atoms with Gasteiger partial charge in [0.05, 0.1) is 19.0 Å². The Morgan fingerprint density at radius 2 is 1.52 bits per heavy atom. The molecule has 0 atom stereocenters. The van der Waals surface area contributed by atoms with E-state index in [4.69, 9.17) is 4.74 Å². The number of amides is 1. The Morgan fingerprint density at radius 1 is 0.864 bits per heavy atom. The number of carbonyl (C=O) groups excluding carboxylic acids is 1. The maximum absolute atomic E-state index is 13.2. The van der Waals surface area contributed by atoms with Crippen molar-refractivity contribution < 1.29 is 9.53 Å². The number of carbonyl (C=O) groups is 1. The molecule has 0 radical (unpaired) electrons. The Hall–Kier alpha value is -1.92. The zero-order valence-electron chi connectivity index (χ0n) is 28.2. The second-order valence-corrected chi connectivity index (χ2v) is 14.0. The molecule has 0 N–H and O–H groups in total. The lowest BCUT2D eigenvalue weighted by Crippen LogP contribution is -2.30. The van der Waals surface area contributed by atoms with Crippen LogP contribution in [0.5, 0.6) is 5.75 Å². The molecule has 0 aliphatic carbocycles. The fourth-order valence-corrected chi connectivity index (χ4v) is 6.41. The molecule has 0 aromatic heterocycles. The lowest BCUT2D eigenvalue weighted by atomic mass is 9.85. The van der Waals surface area contributed by atoms with Crippen LogP contribution in [0.15, 0.2) is 54.1 Å². The van der Waals surface area contributed by atoms with Crippen molar-refractivity contribution in [2.75, 3.05) is 17.4 Å². The summed E-state index contributed by atoms with van der Waals surface area (Å²) < 4.78 is 6.45. The minimum absolute atomic E-state index is 0. The van der Waals surface area contributed by atoms with Gasteiger partial charge in [-0.25, -0.2) is 0 Å². The number of ether oxygens (including phenoxy) is 1. The number of halogens is 1. The predicted octanol–water partition coefficient (Wildman–Crippen LogP) is 11.6. The largest absolute Gasteiger partial charge is 0.493 e. The molecule has 2 aromatic carbocycles. The highest BCUT2D eigenvalue weighted by atomic mass is 79.9. The van der Waals surface area contributed by atoms with E-state index < -0.39 is 0 Å². The lowest BCUT2D eigenvalue weighted by molar-refractivity contribution is -0.118. The third-order valence-corrected chi connectivity index (χ3v) is 9.06. The van der Waals surface area contributed by atoms with Crippen LogP contribution in [0.4, 0.5) is 5.69 Å². The topological polar surface area (TPSA) is 32.8 Å². The van der Waals surface area contributed by atoms with Crippen LogP contribution < -0.4 is 9.64 Å². The molecule has 2 aromatic rings. The molecule has 1 heterocycles. The number of hydrogen-bond acceptors (Lipinski definition) is 4. The van der Waals surface area contributed by atoms with Crippen LogP contribution in [0.2, 0.25) is 0 Å². The Morgan fingerprint density at radius 3 is 2.11 bits per heavy atom. The van der Waals surface area contributed by atoms with E-state index in [0.717, 1.165) is 42.4 Å². The van der Waals surface area contributed by atoms with Gasteiger partial charge in [0.2, 0.25) is 5.91 Å². The van der Waals surface area contributed by atoms with Crippen molar-refractivity contribution in [3.8, 4) is 5.75 Å². The molecule has 3 rings (SSSR count). The Balaban J connectivity index is 0.00000675. The molecule has 0 bridgehead atoms. The number of nitrogens with zero attached hydrogens (tertiary/aromatic N) is 2. The van der Waals surface area contributed by atoms with Crippen LogP contribution in [0.1, 0.15) is 135 Å². The van der Waals surface area contributed by atoms with Crippen LogP contribution in [-0.4, -0.2) is 23.3 Å². The molecule has 1 aliphatic heterocycles. The molecular weight excluding hydrogens is 628 g/mol. The summed E-state index contributed by atoms with van der Waals surface area (Å²) in [6.45, 7) is 13.1. The second kappa shape index (κ2) is 21.0. The third-order valence-electron chi connectivity index (χ3n) is 8.27. The van der Waals surface area contributed by atoms with E-state index in [2.05, 4.69) is 86.7 Å². The molecular formula is C38H59BrN2O2S. The van der Waals surface area contributed by atoms with Crippen molar-refractivity contribution in [2.45, 2.75) is 137 Å². The first-order valence-corrected chi connectivity index (χ1v) is 18.0. The predicted molar refractivity (Wildman–Crippen MR) is 197 cm³/mol. The van der Waals surface area contributed by atoms with Gasteiger partial charge in [-0.2, -0.15) is 0 Å². The zero-order valence-corrected chi connectivity index (χ0v) is 30.8. The molecule has 4 nitrogen and oxygen atoms in total. The molecule has 0 saturated heterocycles. The minimum Gasteiger partial charge on any atom is -0.493 e. The van der Waals surface area contributed by atoms with Gasteiger partial charge in [-0.15, -0.1) is 28.7 Å². The molecule has 1 aliphatic rings. The molecule has 1 amide bonds. The average molecular weight is 688 g/mol.